The number of hydrogen-bond donors (Lipinski definition) is 3. The number of hydrogen-bond acceptors (Lipinski definition) is 4. The van der Waals surface area contributed by atoms with Gasteiger partial charge in [-0.05, 0) is 18.8 Å². The number of rotatable bonds is 3. The highest BCUT2D eigenvalue weighted by molar-refractivity contribution is 6.05. The molecule has 0 aromatic carbocycles. The van der Waals surface area contributed by atoms with Crippen molar-refractivity contribution < 1.29 is 14.7 Å². The third-order valence-corrected chi connectivity index (χ3v) is 3.71. The van der Waals surface area contributed by atoms with E-state index in [1.807, 2.05) is 0 Å². The minimum absolute atomic E-state index is 0.185. The highest BCUT2D eigenvalue weighted by atomic mass is 16.3. The van der Waals surface area contributed by atoms with E-state index in [9.17, 15) is 14.7 Å². The summed E-state index contributed by atoms with van der Waals surface area (Å²) < 4.78 is 0. The van der Waals surface area contributed by atoms with Crippen LogP contribution in [0.1, 0.15) is 39.0 Å². The van der Waals surface area contributed by atoms with Crippen molar-refractivity contribution in [3.8, 4) is 0 Å². The first-order chi connectivity index (χ1) is 7.98. The van der Waals surface area contributed by atoms with E-state index in [-0.39, 0.29) is 18.2 Å². The van der Waals surface area contributed by atoms with Crippen LogP contribution in [-0.4, -0.2) is 35.1 Å². The molecule has 0 aromatic rings. The molecule has 0 bridgehead atoms. The van der Waals surface area contributed by atoms with Crippen molar-refractivity contribution in [2.24, 2.45) is 5.92 Å². The van der Waals surface area contributed by atoms with Gasteiger partial charge in [-0.25, -0.2) is 0 Å². The summed E-state index contributed by atoms with van der Waals surface area (Å²) in [5.41, 5.74) is -0.719. The summed E-state index contributed by atoms with van der Waals surface area (Å²) in [6.07, 6.45) is 3.90. The van der Waals surface area contributed by atoms with Crippen LogP contribution in [0.3, 0.4) is 0 Å². The fourth-order valence-corrected chi connectivity index (χ4v) is 2.82. The highest BCUT2D eigenvalue weighted by Gasteiger charge is 2.36. The third-order valence-electron chi connectivity index (χ3n) is 3.71. The molecule has 1 saturated heterocycles. The standard InChI is InChI=1S/C12H20N2O3/c1-8-3-2-4-12(17,6-8)7-13-9-5-10(15)14-11(9)16/h8-9,13,17H,2-7H2,1H3,(H,14,15,16). The van der Waals surface area contributed by atoms with Gasteiger partial charge in [-0.2, -0.15) is 0 Å². The Hall–Kier alpha value is -0.940. The molecule has 2 fully saturated rings. The van der Waals surface area contributed by atoms with E-state index in [1.165, 1.54) is 0 Å². The van der Waals surface area contributed by atoms with Gasteiger partial charge in [-0.15, -0.1) is 0 Å². The average Bonchev–Trinajstić information content (AvgIpc) is 2.54. The fourth-order valence-electron chi connectivity index (χ4n) is 2.82. The van der Waals surface area contributed by atoms with Crippen molar-refractivity contribution in [3.05, 3.63) is 0 Å². The Kier molecular flexibility index (Phi) is 3.49. The molecule has 5 nitrogen and oxygen atoms in total. The molecule has 1 saturated carbocycles. The van der Waals surface area contributed by atoms with Crippen molar-refractivity contribution in [2.75, 3.05) is 6.54 Å². The van der Waals surface area contributed by atoms with Crippen LogP contribution < -0.4 is 10.6 Å². The SMILES string of the molecule is CC1CCCC(O)(CNC2CC(=O)NC2=O)C1. The fraction of sp³-hybridized carbons (Fsp3) is 0.833. The maximum atomic E-state index is 11.4. The van der Waals surface area contributed by atoms with E-state index >= 15 is 0 Å². The van der Waals surface area contributed by atoms with Crippen LogP contribution in [0.15, 0.2) is 0 Å². The molecule has 0 aromatic heterocycles. The van der Waals surface area contributed by atoms with E-state index in [0.29, 0.717) is 12.5 Å². The monoisotopic (exact) mass is 240 g/mol. The Morgan fingerprint density at radius 1 is 1.53 bits per heavy atom. The second-order valence-corrected chi connectivity index (χ2v) is 5.48. The van der Waals surface area contributed by atoms with Gasteiger partial charge in [0, 0.05) is 6.54 Å². The average molecular weight is 240 g/mol. The van der Waals surface area contributed by atoms with Gasteiger partial charge in [0.25, 0.3) is 0 Å². The van der Waals surface area contributed by atoms with E-state index < -0.39 is 11.6 Å². The second kappa shape index (κ2) is 4.74. The van der Waals surface area contributed by atoms with Crippen molar-refractivity contribution in [3.63, 3.8) is 0 Å². The van der Waals surface area contributed by atoms with Crippen molar-refractivity contribution in [1.82, 2.24) is 10.6 Å². The molecule has 2 rings (SSSR count). The number of aliphatic hydroxyl groups is 1. The number of amides is 2. The maximum Gasteiger partial charge on any atom is 0.244 e. The summed E-state index contributed by atoms with van der Waals surface area (Å²) in [7, 11) is 0. The van der Waals surface area contributed by atoms with Gasteiger partial charge in [-0.3, -0.25) is 14.9 Å². The van der Waals surface area contributed by atoms with Crippen molar-refractivity contribution >= 4 is 11.8 Å². The first-order valence-corrected chi connectivity index (χ1v) is 6.28. The Bertz CT molecular complexity index is 332. The molecule has 96 valence electrons. The van der Waals surface area contributed by atoms with E-state index in [0.717, 1.165) is 25.7 Å². The van der Waals surface area contributed by atoms with Gasteiger partial charge in [0.15, 0.2) is 0 Å². The molecule has 1 aliphatic heterocycles. The van der Waals surface area contributed by atoms with Gasteiger partial charge in [0.1, 0.15) is 0 Å². The topological polar surface area (TPSA) is 78.4 Å². The number of imide groups is 1. The molecule has 3 unspecified atom stereocenters. The van der Waals surface area contributed by atoms with Crippen LogP contribution in [-0.2, 0) is 9.59 Å². The summed E-state index contributed by atoms with van der Waals surface area (Å²) in [5, 5.41) is 15.6. The molecule has 1 aliphatic carbocycles. The summed E-state index contributed by atoms with van der Waals surface area (Å²) in [6.45, 7) is 2.53. The molecule has 0 radical (unpaired) electrons. The molecule has 3 N–H and O–H groups in total. The predicted octanol–water partition coefficient (Wildman–Crippen LogP) is -0.0677. The minimum Gasteiger partial charge on any atom is -0.389 e. The Balaban J connectivity index is 1.85. The summed E-state index contributed by atoms with van der Waals surface area (Å²) in [5.74, 6) is 0.00791. The molecule has 2 amide bonds. The van der Waals surface area contributed by atoms with Gasteiger partial charge in [0.05, 0.1) is 18.1 Å². The van der Waals surface area contributed by atoms with Crippen LogP contribution in [0.4, 0.5) is 0 Å². The van der Waals surface area contributed by atoms with Crippen LogP contribution >= 0.6 is 0 Å². The quantitative estimate of drug-likeness (QED) is 0.604. The van der Waals surface area contributed by atoms with Gasteiger partial charge in [-0.1, -0.05) is 19.8 Å². The maximum absolute atomic E-state index is 11.4. The Morgan fingerprint density at radius 3 is 2.88 bits per heavy atom. The predicted molar refractivity (Wildman–Crippen MR) is 62.1 cm³/mol. The molecular formula is C12H20N2O3. The Morgan fingerprint density at radius 2 is 2.29 bits per heavy atom. The largest absolute Gasteiger partial charge is 0.389 e. The van der Waals surface area contributed by atoms with Gasteiger partial charge >= 0.3 is 0 Å². The molecule has 2 aliphatic rings. The van der Waals surface area contributed by atoms with Crippen molar-refractivity contribution in [1.29, 1.82) is 0 Å². The lowest BCUT2D eigenvalue weighted by Crippen LogP contribution is -2.48. The zero-order valence-electron chi connectivity index (χ0n) is 10.2. The highest BCUT2D eigenvalue weighted by Crippen LogP contribution is 2.31. The van der Waals surface area contributed by atoms with E-state index in [4.69, 9.17) is 0 Å². The number of carbonyl (C=O) groups excluding carboxylic acids is 2. The normalized spacial score (nSPS) is 38.2. The van der Waals surface area contributed by atoms with Crippen LogP contribution in [0, 0.1) is 5.92 Å². The van der Waals surface area contributed by atoms with Gasteiger partial charge < -0.3 is 10.4 Å². The van der Waals surface area contributed by atoms with Crippen LogP contribution in [0.2, 0.25) is 0 Å². The molecular weight excluding hydrogens is 220 g/mol. The zero-order valence-corrected chi connectivity index (χ0v) is 10.2. The third kappa shape index (κ3) is 3.04. The smallest absolute Gasteiger partial charge is 0.244 e. The van der Waals surface area contributed by atoms with Gasteiger partial charge in [0.2, 0.25) is 11.8 Å². The van der Waals surface area contributed by atoms with E-state index in [2.05, 4.69) is 17.6 Å². The Labute approximate surface area is 101 Å². The first-order valence-electron chi connectivity index (χ1n) is 6.28. The number of carbonyl (C=O) groups is 2. The van der Waals surface area contributed by atoms with Crippen LogP contribution in [0.5, 0.6) is 0 Å². The molecule has 0 spiro atoms. The molecule has 1 heterocycles. The van der Waals surface area contributed by atoms with E-state index in [1.54, 1.807) is 0 Å². The van der Waals surface area contributed by atoms with Crippen molar-refractivity contribution in [2.45, 2.75) is 50.7 Å². The first kappa shape index (κ1) is 12.5. The lowest BCUT2D eigenvalue weighted by Gasteiger charge is -2.36. The molecule has 3 atom stereocenters. The lowest BCUT2D eigenvalue weighted by atomic mass is 9.79. The summed E-state index contributed by atoms with van der Waals surface area (Å²) >= 11 is 0. The summed E-state index contributed by atoms with van der Waals surface area (Å²) in [4.78, 5) is 22.4. The van der Waals surface area contributed by atoms with Crippen LogP contribution in [0.25, 0.3) is 0 Å². The number of nitrogens with one attached hydrogen (secondary N) is 2. The summed E-state index contributed by atoms with van der Waals surface area (Å²) in [6, 6.07) is -0.469. The lowest BCUT2D eigenvalue weighted by molar-refractivity contribution is -0.125. The minimum atomic E-state index is -0.719. The molecule has 5 heteroatoms. The zero-order chi connectivity index (χ0) is 12.5. The molecule has 17 heavy (non-hydrogen) atoms. The second-order valence-electron chi connectivity index (χ2n) is 5.48.